The molecule has 0 saturated heterocycles. The third-order valence-corrected chi connectivity index (χ3v) is 2.83. The number of rotatable bonds is 3. The van der Waals surface area contributed by atoms with Gasteiger partial charge in [0.15, 0.2) is 5.78 Å². The highest BCUT2D eigenvalue weighted by Crippen LogP contribution is 2.22. The minimum atomic E-state index is -0.577. The second-order valence-corrected chi connectivity index (χ2v) is 5.74. The molecule has 0 aliphatic carbocycles. The number of carbonyl (C=O) groups excluding carboxylic acids is 2. The summed E-state index contributed by atoms with van der Waals surface area (Å²) in [6, 6.07) is 5.30. The van der Waals surface area contributed by atoms with Gasteiger partial charge in [0.1, 0.15) is 5.60 Å². The zero-order chi connectivity index (χ0) is 14.6. The van der Waals surface area contributed by atoms with Crippen molar-refractivity contribution in [3.05, 3.63) is 29.3 Å². The van der Waals surface area contributed by atoms with E-state index in [0.29, 0.717) is 11.3 Å². The molecule has 1 N–H and O–H groups in total. The van der Waals surface area contributed by atoms with E-state index in [1.54, 1.807) is 32.9 Å². The Kier molecular flexibility index (Phi) is 5.11. The lowest BCUT2D eigenvalue weighted by Gasteiger charge is -2.21. The van der Waals surface area contributed by atoms with E-state index in [0.717, 1.165) is 5.56 Å². The number of alkyl halides is 1. The number of hydrogen-bond donors (Lipinski definition) is 1. The number of Topliss-reactive ketones (excluding diaryl/α,β-unsaturated/α-hetero) is 1. The van der Waals surface area contributed by atoms with E-state index in [-0.39, 0.29) is 11.1 Å². The van der Waals surface area contributed by atoms with Gasteiger partial charge in [-0.25, -0.2) is 4.79 Å². The van der Waals surface area contributed by atoms with Crippen LogP contribution in [-0.4, -0.2) is 22.8 Å². The van der Waals surface area contributed by atoms with Gasteiger partial charge in [-0.3, -0.25) is 10.1 Å². The van der Waals surface area contributed by atoms with Crippen LogP contribution in [0.1, 0.15) is 36.7 Å². The number of ether oxygens (including phenoxy) is 1. The fourth-order valence-corrected chi connectivity index (χ4v) is 1.85. The monoisotopic (exact) mass is 327 g/mol. The summed E-state index contributed by atoms with van der Waals surface area (Å²) in [6.45, 7) is 7.19. The minimum absolute atomic E-state index is 0.0882. The van der Waals surface area contributed by atoms with Crippen LogP contribution in [0.25, 0.3) is 0 Å². The average molecular weight is 328 g/mol. The molecule has 0 radical (unpaired) electrons. The van der Waals surface area contributed by atoms with E-state index in [4.69, 9.17) is 4.74 Å². The van der Waals surface area contributed by atoms with Gasteiger partial charge in [-0.05, 0) is 39.3 Å². The number of amides is 1. The third kappa shape index (κ3) is 4.67. The Morgan fingerprint density at radius 2 is 1.95 bits per heavy atom. The molecule has 0 aliphatic rings. The van der Waals surface area contributed by atoms with Crippen molar-refractivity contribution in [3.63, 3.8) is 0 Å². The number of para-hydroxylation sites is 1. The normalized spacial score (nSPS) is 11.0. The van der Waals surface area contributed by atoms with Gasteiger partial charge in [0.25, 0.3) is 0 Å². The molecule has 0 aromatic heterocycles. The Morgan fingerprint density at radius 1 is 1.32 bits per heavy atom. The number of aryl methyl sites for hydroxylation is 1. The van der Waals surface area contributed by atoms with E-state index in [2.05, 4.69) is 21.2 Å². The molecule has 4 nitrogen and oxygen atoms in total. The van der Waals surface area contributed by atoms with Gasteiger partial charge in [-0.15, -0.1) is 0 Å². The van der Waals surface area contributed by atoms with E-state index in [1.807, 2.05) is 13.0 Å². The maximum Gasteiger partial charge on any atom is 0.412 e. The van der Waals surface area contributed by atoms with E-state index >= 15 is 0 Å². The summed E-state index contributed by atoms with van der Waals surface area (Å²) in [4.78, 5) is 23.6. The molecule has 0 heterocycles. The lowest BCUT2D eigenvalue weighted by molar-refractivity contribution is 0.0636. The number of benzene rings is 1. The summed E-state index contributed by atoms with van der Waals surface area (Å²) < 4.78 is 5.19. The zero-order valence-corrected chi connectivity index (χ0v) is 13.1. The summed E-state index contributed by atoms with van der Waals surface area (Å²) in [5, 5.41) is 2.86. The SMILES string of the molecule is Cc1cccc(C(=O)CBr)c1NC(=O)OC(C)(C)C. The summed E-state index contributed by atoms with van der Waals surface area (Å²) >= 11 is 3.13. The van der Waals surface area contributed by atoms with E-state index in [9.17, 15) is 9.59 Å². The quantitative estimate of drug-likeness (QED) is 0.676. The van der Waals surface area contributed by atoms with Crippen LogP contribution in [0.5, 0.6) is 0 Å². The lowest BCUT2D eigenvalue weighted by atomic mass is 10.1. The molecule has 1 aromatic rings. The second-order valence-electron chi connectivity index (χ2n) is 5.18. The Labute approximate surface area is 121 Å². The number of carbonyl (C=O) groups is 2. The van der Waals surface area contributed by atoms with Crippen molar-refractivity contribution >= 4 is 33.5 Å². The average Bonchev–Trinajstić information content (AvgIpc) is 2.28. The Hall–Kier alpha value is -1.36. The fourth-order valence-electron chi connectivity index (χ4n) is 1.54. The van der Waals surface area contributed by atoms with Gasteiger partial charge >= 0.3 is 6.09 Å². The van der Waals surface area contributed by atoms with Crippen molar-refractivity contribution in [1.82, 2.24) is 0 Å². The Bertz CT molecular complexity index is 492. The van der Waals surface area contributed by atoms with Gasteiger partial charge < -0.3 is 4.74 Å². The molecule has 0 saturated carbocycles. The van der Waals surface area contributed by atoms with Crippen LogP contribution in [0, 0.1) is 6.92 Å². The van der Waals surface area contributed by atoms with Gasteiger partial charge in [0.2, 0.25) is 0 Å². The summed E-state index contributed by atoms with van der Waals surface area (Å²) in [5.74, 6) is -0.0882. The highest BCUT2D eigenvalue weighted by Gasteiger charge is 2.19. The highest BCUT2D eigenvalue weighted by molar-refractivity contribution is 9.09. The predicted octanol–water partition coefficient (Wildman–Crippen LogP) is 3.92. The first kappa shape index (κ1) is 15.7. The second kappa shape index (κ2) is 6.19. The molecule has 0 aliphatic heterocycles. The van der Waals surface area contributed by atoms with Crippen LogP contribution < -0.4 is 5.32 Å². The summed E-state index contributed by atoms with van der Waals surface area (Å²) in [7, 11) is 0. The number of anilines is 1. The van der Waals surface area contributed by atoms with Crippen molar-refractivity contribution in [2.75, 3.05) is 10.6 Å². The molecule has 0 bridgehead atoms. The maximum absolute atomic E-state index is 11.8. The molecule has 0 atom stereocenters. The highest BCUT2D eigenvalue weighted by atomic mass is 79.9. The molecule has 0 unspecified atom stereocenters. The molecule has 5 heteroatoms. The molecule has 1 rings (SSSR count). The van der Waals surface area contributed by atoms with E-state index < -0.39 is 11.7 Å². The first-order valence-corrected chi connectivity index (χ1v) is 7.05. The Morgan fingerprint density at radius 3 is 2.47 bits per heavy atom. The van der Waals surface area contributed by atoms with Gasteiger partial charge in [-0.1, -0.05) is 28.1 Å². The predicted molar refractivity (Wildman–Crippen MR) is 79.2 cm³/mol. The van der Waals surface area contributed by atoms with Crippen LogP contribution in [0.15, 0.2) is 18.2 Å². The Balaban J connectivity index is 3.00. The first-order valence-electron chi connectivity index (χ1n) is 5.93. The van der Waals surface area contributed by atoms with Gasteiger partial charge in [0.05, 0.1) is 11.0 Å². The standard InChI is InChI=1S/C14H18BrNO3/c1-9-6-5-7-10(11(17)8-15)12(9)16-13(18)19-14(2,3)4/h5-7H,8H2,1-4H3,(H,16,18). The first-order chi connectivity index (χ1) is 8.74. The van der Waals surface area contributed by atoms with E-state index in [1.165, 1.54) is 0 Å². The van der Waals surface area contributed by atoms with Crippen LogP contribution in [-0.2, 0) is 4.74 Å². The molecular formula is C14H18BrNO3. The fraction of sp³-hybridized carbons (Fsp3) is 0.429. The van der Waals surface area contributed by atoms with Crippen LogP contribution in [0.2, 0.25) is 0 Å². The summed E-state index contributed by atoms with van der Waals surface area (Å²) in [5.41, 5.74) is 1.22. The van der Waals surface area contributed by atoms with Gasteiger partial charge in [-0.2, -0.15) is 0 Å². The van der Waals surface area contributed by atoms with Crippen molar-refractivity contribution in [2.24, 2.45) is 0 Å². The van der Waals surface area contributed by atoms with Crippen molar-refractivity contribution in [1.29, 1.82) is 0 Å². The number of nitrogens with one attached hydrogen (secondary N) is 1. The van der Waals surface area contributed by atoms with Crippen LogP contribution in [0.3, 0.4) is 0 Å². The topological polar surface area (TPSA) is 55.4 Å². The van der Waals surface area contributed by atoms with Crippen molar-refractivity contribution in [3.8, 4) is 0 Å². The molecule has 0 spiro atoms. The zero-order valence-electron chi connectivity index (χ0n) is 11.5. The molecule has 0 fully saturated rings. The van der Waals surface area contributed by atoms with Crippen LogP contribution in [0.4, 0.5) is 10.5 Å². The lowest BCUT2D eigenvalue weighted by Crippen LogP contribution is -2.28. The third-order valence-electron chi connectivity index (χ3n) is 2.32. The molecule has 1 amide bonds. The molecule has 1 aromatic carbocycles. The minimum Gasteiger partial charge on any atom is -0.444 e. The van der Waals surface area contributed by atoms with Crippen molar-refractivity contribution in [2.45, 2.75) is 33.3 Å². The largest absolute Gasteiger partial charge is 0.444 e. The molecule has 19 heavy (non-hydrogen) atoms. The molecular weight excluding hydrogens is 310 g/mol. The van der Waals surface area contributed by atoms with Crippen LogP contribution >= 0.6 is 15.9 Å². The van der Waals surface area contributed by atoms with Crippen molar-refractivity contribution < 1.29 is 14.3 Å². The summed E-state index contributed by atoms with van der Waals surface area (Å²) in [6.07, 6.45) is -0.564. The maximum atomic E-state index is 11.8. The number of ketones is 1. The molecule has 104 valence electrons. The number of halogens is 1. The van der Waals surface area contributed by atoms with Gasteiger partial charge in [0, 0.05) is 5.56 Å². The smallest absolute Gasteiger partial charge is 0.412 e. The number of hydrogen-bond acceptors (Lipinski definition) is 3.